The SMILES string of the molecule is CO[C@H]1C[C@@H](CN2CCCC2)N(c2nccc(C)n2)C1. The lowest BCUT2D eigenvalue weighted by Crippen LogP contribution is -2.40. The van der Waals surface area contributed by atoms with Gasteiger partial charge >= 0.3 is 0 Å². The molecule has 2 aliphatic rings. The van der Waals surface area contributed by atoms with Gasteiger partial charge in [-0.15, -0.1) is 0 Å². The van der Waals surface area contributed by atoms with Crippen molar-refractivity contribution in [1.82, 2.24) is 14.9 Å². The summed E-state index contributed by atoms with van der Waals surface area (Å²) in [5.74, 6) is 0.855. The number of aryl methyl sites for hydroxylation is 1. The Kier molecular flexibility index (Phi) is 4.17. The van der Waals surface area contributed by atoms with E-state index in [9.17, 15) is 0 Å². The van der Waals surface area contributed by atoms with E-state index >= 15 is 0 Å². The van der Waals surface area contributed by atoms with Crippen LogP contribution in [0.1, 0.15) is 25.0 Å². The molecule has 0 bridgehead atoms. The van der Waals surface area contributed by atoms with Crippen molar-refractivity contribution in [2.24, 2.45) is 0 Å². The topological polar surface area (TPSA) is 41.5 Å². The number of rotatable bonds is 4. The molecule has 2 fully saturated rings. The van der Waals surface area contributed by atoms with Crippen LogP contribution >= 0.6 is 0 Å². The Morgan fingerprint density at radius 2 is 2.15 bits per heavy atom. The Morgan fingerprint density at radius 1 is 1.35 bits per heavy atom. The van der Waals surface area contributed by atoms with Crippen molar-refractivity contribution in [3.63, 3.8) is 0 Å². The molecule has 2 aliphatic heterocycles. The Labute approximate surface area is 121 Å². The molecule has 20 heavy (non-hydrogen) atoms. The number of anilines is 1. The number of ether oxygens (including phenoxy) is 1. The zero-order valence-electron chi connectivity index (χ0n) is 12.5. The molecular weight excluding hydrogens is 252 g/mol. The Morgan fingerprint density at radius 3 is 2.85 bits per heavy atom. The van der Waals surface area contributed by atoms with Gasteiger partial charge in [0.25, 0.3) is 0 Å². The zero-order valence-corrected chi connectivity index (χ0v) is 12.5. The van der Waals surface area contributed by atoms with Crippen LogP contribution in [0, 0.1) is 6.92 Å². The summed E-state index contributed by atoms with van der Waals surface area (Å²) in [6.07, 6.45) is 5.89. The van der Waals surface area contributed by atoms with Crippen LogP contribution in [0.3, 0.4) is 0 Å². The van der Waals surface area contributed by atoms with Crippen molar-refractivity contribution >= 4 is 5.95 Å². The van der Waals surface area contributed by atoms with E-state index in [0.717, 1.165) is 31.2 Å². The first-order valence-electron chi connectivity index (χ1n) is 7.57. The smallest absolute Gasteiger partial charge is 0.225 e. The molecule has 110 valence electrons. The van der Waals surface area contributed by atoms with E-state index < -0.39 is 0 Å². The molecule has 3 heterocycles. The van der Waals surface area contributed by atoms with Gasteiger partial charge in [-0.3, -0.25) is 0 Å². The molecule has 0 amide bonds. The number of methoxy groups -OCH3 is 1. The molecule has 0 aromatic carbocycles. The highest BCUT2D eigenvalue weighted by atomic mass is 16.5. The average Bonchev–Trinajstić information content (AvgIpc) is 3.08. The first-order valence-corrected chi connectivity index (χ1v) is 7.57. The van der Waals surface area contributed by atoms with Crippen LogP contribution < -0.4 is 4.90 Å². The lowest BCUT2D eigenvalue weighted by atomic mass is 10.2. The van der Waals surface area contributed by atoms with Crippen molar-refractivity contribution in [2.45, 2.75) is 38.3 Å². The maximum Gasteiger partial charge on any atom is 0.225 e. The zero-order chi connectivity index (χ0) is 13.9. The lowest BCUT2D eigenvalue weighted by Gasteiger charge is -2.28. The molecule has 0 spiro atoms. The fourth-order valence-corrected chi connectivity index (χ4v) is 3.30. The van der Waals surface area contributed by atoms with Crippen molar-refractivity contribution < 1.29 is 4.74 Å². The van der Waals surface area contributed by atoms with Crippen LogP contribution in [-0.4, -0.2) is 60.3 Å². The van der Waals surface area contributed by atoms with E-state index in [1.807, 2.05) is 19.2 Å². The molecular formula is C15H24N4O. The standard InChI is InChI=1S/C15H24N4O/c1-12-5-6-16-15(17-12)19-11-14(20-2)9-13(19)10-18-7-3-4-8-18/h5-6,13-14H,3-4,7-11H2,1-2H3/t13-,14-/m0/s1. The molecule has 5 heteroatoms. The molecule has 1 aromatic heterocycles. The summed E-state index contributed by atoms with van der Waals surface area (Å²) in [6, 6.07) is 2.42. The van der Waals surface area contributed by atoms with Crippen LogP contribution in [0.15, 0.2) is 12.3 Å². The summed E-state index contributed by atoms with van der Waals surface area (Å²) in [7, 11) is 1.80. The maximum absolute atomic E-state index is 5.57. The summed E-state index contributed by atoms with van der Waals surface area (Å²) < 4.78 is 5.57. The van der Waals surface area contributed by atoms with Crippen molar-refractivity contribution in [3.05, 3.63) is 18.0 Å². The maximum atomic E-state index is 5.57. The third kappa shape index (κ3) is 2.94. The molecule has 0 radical (unpaired) electrons. The van der Waals surface area contributed by atoms with E-state index in [4.69, 9.17) is 4.74 Å². The van der Waals surface area contributed by atoms with E-state index in [1.54, 1.807) is 7.11 Å². The Hall–Kier alpha value is -1.20. The largest absolute Gasteiger partial charge is 0.380 e. The molecule has 5 nitrogen and oxygen atoms in total. The Balaban J connectivity index is 1.74. The minimum absolute atomic E-state index is 0.298. The summed E-state index contributed by atoms with van der Waals surface area (Å²) in [6.45, 7) is 6.49. The quantitative estimate of drug-likeness (QED) is 0.833. The first-order chi connectivity index (χ1) is 9.76. The van der Waals surface area contributed by atoms with Crippen LogP contribution in [0.5, 0.6) is 0 Å². The molecule has 2 atom stereocenters. The lowest BCUT2D eigenvalue weighted by molar-refractivity contribution is 0.116. The molecule has 0 N–H and O–H groups in total. The highest BCUT2D eigenvalue weighted by molar-refractivity contribution is 5.35. The van der Waals surface area contributed by atoms with Crippen LogP contribution in [-0.2, 0) is 4.74 Å². The third-order valence-electron chi connectivity index (χ3n) is 4.42. The van der Waals surface area contributed by atoms with Crippen molar-refractivity contribution in [2.75, 3.05) is 38.2 Å². The Bertz CT molecular complexity index is 447. The monoisotopic (exact) mass is 276 g/mol. The highest BCUT2D eigenvalue weighted by Crippen LogP contribution is 2.26. The fourth-order valence-electron chi connectivity index (χ4n) is 3.30. The number of aromatic nitrogens is 2. The highest BCUT2D eigenvalue weighted by Gasteiger charge is 2.35. The van der Waals surface area contributed by atoms with Gasteiger partial charge in [-0.1, -0.05) is 0 Å². The first kappa shape index (κ1) is 13.8. The number of hydrogen-bond donors (Lipinski definition) is 0. The fraction of sp³-hybridized carbons (Fsp3) is 0.733. The van der Waals surface area contributed by atoms with Gasteiger partial charge in [0.1, 0.15) is 0 Å². The normalized spacial score (nSPS) is 27.4. The van der Waals surface area contributed by atoms with Gasteiger partial charge in [0.15, 0.2) is 0 Å². The van der Waals surface area contributed by atoms with E-state index in [1.165, 1.54) is 25.9 Å². The average molecular weight is 276 g/mol. The van der Waals surface area contributed by atoms with Gasteiger partial charge < -0.3 is 14.5 Å². The van der Waals surface area contributed by atoms with Crippen molar-refractivity contribution in [1.29, 1.82) is 0 Å². The second kappa shape index (κ2) is 6.06. The van der Waals surface area contributed by atoms with E-state index in [-0.39, 0.29) is 0 Å². The van der Waals surface area contributed by atoms with Crippen LogP contribution in [0.4, 0.5) is 5.95 Å². The molecule has 0 saturated carbocycles. The summed E-state index contributed by atoms with van der Waals surface area (Å²) in [5, 5.41) is 0. The molecule has 0 aliphatic carbocycles. The predicted molar refractivity (Wildman–Crippen MR) is 79.0 cm³/mol. The van der Waals surface area contributed by atoms with Gasteiger partial charge in [0, 0.05) is 38.1 Å². The van der Waals surface area contributed by atoms with E-state index in [2.05, 4.69) is 19.8 Å². The van der Waals surface area contributed by atoms with Crippen molar-refractivity contribution in [3.8, 4) is 0 Å². The van der Waals surface area contributed by atoms with Crippen LogP contribution in [0.2, 0.25) is 0 Å². The second-order valence-corrected chi connectivity index (χ2v) is 5.91. The molecule has 1 aromatic rings. The van der Waals surface area contributed by atoms with Gasteiger partial charge in [0.05, 0.1) is 6.10 Å². The number of hydrogen-bond acceptors (Lipinski definition) is 5. The van der Waals surface area contributed by atoms with E-state index in [0.29, 0.717) is 12.1 Å². The number of nitrogens with zero attached hydrogens (tertiary/aromatic N) is 4. The predicted octanol–water partition coefficient (Wildman–Crippen LogP) is 1.47. The minimum atomic E-state index is 0.298. The minimum Gasteiger partial charge on any atom is -0.380 e. The van der Waals surface area contributed by atoms with Gasteiger partial charge in [-0.05, 0) is 45.3 Å². The second-order valence-electron chi connectivity index (χ2n) is 5.91. The van der Waals surface area contributed by atoms with Gasteiger partial charge in [-0.25, -0.2) is 9.97 Å². The summed E-state index contributed by atoms with van der Waals surface area (Å²) in [5.41, 5.74) is 1.02. The van der Waals surface area contributed by atoms with Crippen LogP contribution in [0.25, 0.3) is 0 Å². The summed E-state index contributed by atoms with van der Waals surface area (Å²) in [4.78, 5) is 13.9. The number of likely N-dealkylation sites (tertiary alicyclic amines) is 1. The summed E-state index contributed by atoms with van der Waals surface area (Å²) >= 11 is 0. The third-order valence-corrected chi connectivity index (χ3v) is 4.42. The van der Waals surface area contributed by atoms with Gasteiger partial charge in [-0.2, -0.15) is 0 Å². The molecule has 3 rings (SSSR count). The molecule has 0 unspecified atom stereocenters. The van der Waals surface area contributed by atoms with Gasteiger partial charge in [0.2, 0.25) is 5.95 Å². The molecule has 2 saturated heterocycles.